The predicted octanol–water partition coefficient (Wildman–Crippen LogP) is 2.12. The van der Waals surface area contributed by atoms with Gasteiger partial charge >= 0.3 is 0 Å². The van der Waals surface area contributed by atoms with Crippen LogP contribution in [0.25, 0.3) is 0 Å². The number of aliphatic hydroxyl groups is 1. The van der Waals surface area contributed by atoms with Gasteiger partial charge in [0.05, 0.1) is 4.92 Å². The van der Waals surface area contributed by atoms with Crippen LogP contribution in [0.4, 0.5) is 5.69 Å². The average Bonchev–Trinajstić information content (AvgIpc) is 2.98. The molecule has 0 saturated heterocycles. The van der Waals surface area contributed by atoms with Crippen molar-refractivity contribution in [3.63, 3.8) is 0 Å². The van der Waals surface area contributed by atoms with Gasteiger partial charge in [0.1, 0.15) is 11.7 Å². The van der Waals surface area contributed by atoms with E-state index in [-0.39, 0.29) is 17.8 Å². The predicted molar refractivity (Wildman–Crippen MR) is 74.7 cm³/mol. The molecule has 6 nitrogen and oxygen atoms in total. The molecular formula is C13H12N2O4S. The number of para-hydroxylation sites is 1. The zero-order valence-electron chi connectivity index (χ0n) is 10.4. The standard InChI is InChI=1S/C13H12N2O4S/c16-11(12-6-3-7-20-12)8-14-13(17)9-4-1-2-5-10(9)15(18)19/h1-7,11,16H,8H2,(H,14,17). The molecule has 0 aliphatic heterocycles. The Labute approximate surface area is 118 Å². The molecule has 0 bridgehead atoms. The number of nitrogens with one attached hydrogen (secondary N) is 1. The Morgan fingerprint density at radius 3 is 2.75 bits per heavy atom. The summed E-state index contributed by atoms with van der Waals surface area (Å²) in [5.74, 6) is -0.576. The first kappa shape index (κ1) is 14.2. The maximum atomic E-state index is 11.9. The Morgan fingerprint density at radius 2 is 2.10 bits per heavy atom. The van der Waals surface area contributed by atoms with Crippen LogP contribution in [0.1, 0.15) is 21.3 Å². The van der Waals surface area contributed by atoms with E-state index in [4.69, 9.17) is 0 Å². The molecule has 2 N–H and O–H groups in total. The summed E-state index contributed by atoms with van der Waals surface area (Å²) in [5.41, 5.74) is -0.272. The maximum Gasteiger partial charge on any atom is 0.282 e. The van der Waals surface area contributed by atoms with Crippen molar-refractivity contribution in [1.82, 2.24) is 5.32 Å². The first-order valence-corrected chi connectivity index (χ1v) is 6.70. The van der Waals surface area contributed by atoms with Gasteiger partial charge in [-0.25, -0.2) is 0 Å². The van der Waals surface area contributed by atoms with Gasteiger partial charge in [-0.1, -0.05) is 18.2 Å². The molecule has 20 heavy (non-hydrogen) atoms. The number of rotatable bonds is 5. The van der Waals surface area contributed by atoms with Crippen molar-refractivity contribution in [1.29, 1.82) is 0 Å². The fourth-order valence-corrected chi connectivity index (χ4v) is 2.40. The molecule has 1 unspecified atom stereocenters. The van der Waals surface area contributed by atoms with Crippen molar-refractivity contribution in [3.05, 3.63) is 62.3 Å². The fourth-order valence-electron chi connectivity index (χ4n) is 1.69. The minimum absolute atomic E-state index is 0.00535. The molecule has 2 rings (SSSR count). The van der Waals surface area contributed by atoms with Gasteiger partial charge < -0.3 is 10.4 Å². The number of carbonyl (C=O) groups excluding carboxylic acids is 1. The lowest BCUT2D eigenvalue weighted by Gasteiger charge is -2.10. The second-order valence-corrected chi connectivity index (χ2v) is 4.99. The van der Waals surface area contributed by atoms with Crippen LogP contribution in [0.5, 0.6) is 0 Å². The highest BCUT2D eigenvalue weighted by atomic mass is 32.1. The highest BCUT2D eigenvalue weighted by molar-refractivity contribution is 7.10. The largest absolute Gasteiger partial charge is 0.386 e. The van der Waals surface area contributed by atoms with Crippen LogP contribution in [-0.4, -0.2) is 22.5 Å². The van der Waals surface area contributed by atoms with Gasteiger partial charge in [-0.15, -0.1) is 11.3 Å². The molecule has 0 spiro atoms. The smallest absolute Gasteiger partial charge is 0.282 e. The van der Waals surface area contributed by atoms with Crippen LogP contribution in [0.2, 0.25) is 0 Å². The molecule has 0 aliphatic carbocycles. The van der Waals surface area contributed by atoms with Crippen LogP contribution in [0.15, 0.2) is 41.8 Å². The van der Waals surface area contributed by atoms with Crippen LogP contribution < -0.4 is 5.32 Å². The minimum Gasteiger partial charge on any atom is -0.386 e. The van der Waals surface area contributed by atoms with Crippen LogP contribution in [-0.2, 0) is 0 Å². The number of hydrogen-bond acceptors (Lipinski definition) is 5. The highest BCUT2D eigenvalue weighted by Gasteiger charge is 2.19. The summed E-state index contributed by atoms with van der Waals surface area (Å²) in [6.45, 7) is 0.00535. The fraction of sp³-hybridized carbons (Fsp3) is 0.154. The van der Waals surface area contributed by atoms with Crippen molar-refractivity contribution >= 4 is 22.9 Å². The maximum absolute atomic E-state index is 11.9. The zero-order valence-corrected chi connectivity index (χ0v) is 11.2. The second-order valence-electron chi connectivity index (χ2n) is 4.02. The molecule has 1 atom stereocenters. The quantitative estimate of drug-likeness (QED) is 0.652. The Balaban J connectivity index is 2.04. The van der Waals surface area contributed by atoms with Gasteiger partial charge in [0.15, 0.2) is 0 Å². The molecule has 2 aromatic rings. The molecule has 0 aliphatic rings. The van der Waals surface area contributed by atoms with Crippen molar-refractivity contribution in [3.8, 4) is 0 Å². The zero-order chi connectivity index (χ0) is 14.5. The number of thiophene rings is 1. The van der Waals surface area contributed by atoms with E-state index in [0.717, 1.165) is 4.88 Å². The molecule has 104 valence electrons. The monoisotopic (exact) mass is 292 g/mol. The highest BCUT2D eigenvalue weighted by Crippen LogP contribution is 2.19. The Hall–Kier alpha value is -2.25. The molecule has 0 radical (unpaired) electrons. The summed E-state index contributed by atoms with van der Waals surface area (Å²) in [5, 5.41) is 25.0. The van der Waals surface area contributed by atoms with Gasteiger partial charge in [0, 0.05) is 17.5 Å². The van der Waals surface area contributed by atoms with E-state index in [0.29, 0.717) is 0 Å². The van der Waals surface area contributed by atoms with Gasteiger partial charge in [0.2, 0.25) is 0 Å². The number of nitrogens with zero attached hydrogens (tertiary/aromatic N) is 1. The van der Waals surface area contributed by atoms with E-state index in [1.54, 1.807) is 18.2 Å². The molecule has 7 heteroatoms. The van der Waals surface area contributed by atoms with E-state index < -0.39 is 16.9 Å². The molecule has 1 amide bonds. The normalized spacial score (nSPS) is 11.8. The van der Waals surface area contributed by atoms with E-state index in [9.17, 15) is 20.0 Å². The van der Waals surface area contributed by atoms with Crippen LogP contribution in [0.3, 0.4) is 0 Å². The summed E-state index contributed by atoms with van der Waals surface area (Å²) in [7, 11) is 0. The van der Waals surface area contributed by atoms with Crippen molar-refractivity contribution in [2.24, 2.45) is 0 Å². The summed E-state index contributed by atoms with van der Waals surface area (Å²) in [4.78, 5) is 22.9. The molecule has 1 aromatic carbocycles. The Bertz CT molecular complexity index is 613. The number of hydrogen-bond donors (Lipinski definition) is 2. The van der Waals surface area contributed by atoms with Crippen molar-refractivity contribution in [2.45, 2.75) is 6.10 Å². The molecule has 1 heterocycles. The van der Waals surface area contributed by atoms with E-state index in [1.807, 2.05) is 5.38 Å². The lowest BCUT2D eigenvalue weighted by Crippen LogP contribution is -2.28. The number of nitro groups is 1. The van der Waals surface area contributed by atoms with Gasteiger partial charge in [-0.05, 0) is 17.5 Å². The summed E-state index contributed by atoms with van der Waals surface area (Å²) in [6, 6.07) is 9.25. The SMILES string of the molecule is O=C(NCC(O)c1cccs1)c1ccccc1[N+](=O)[O-]. The van der Waals surface area contributed by atoms with Crippen LogP contribution in [0, 0.1) is 10.1 Å². The van der Waals surface area contributed by atoms with Crippen LogP contribution >= 0.6 is 11.3 Å². The average molecular weight is 292 g/mol. The molecular weight excluding hydrogens is 280 g/mol. The topological polar surface area (TPSA) is 92.5 Å². The Morgan fingerprint density at radius 1 is 1.35 bits per heavy atom. The second kappa shape index (κ2) is 6.27. The number of amides is 1. The number of nitro benzene ring substituents is 1. The van der Waals surface area contributed by atoms with E-state index in [2.05, 4.69) is 5.32 Å². The van der Waals surface area contributed by atoms with Gasteiger partial charge in [0.25, 0.3) is 11.6 Å². The van der Waals surface area contributed by atoms with Crippen molar-refractivity contribution < 1.29 is 14.8 Å². The van der Waals surface area contributed by atoms with E-state index >= 15 is 0 Å². The Kier molecular flexibility index (Phi) is 4.44. The summed E-state index contributed by atoms with van der Waals surface area (Å²) < 4.78 is 0. The van der Waals surface area contributed by atoms with Gasteiger partial charge in [-0.2, -0.15) is 0 Å². The lowest BCUT2D eigenvalue weighted by atomic mass is 10.1. The number of benzene rings is 1. The third kappa shape index (κ3) is 3.19. The number of carbonyl (C=O) groups is 1. The number of aliphatic hydroxyl groups excluding tert-OH is 1. The van der Waals surface area contributed by atoms with Crippen molar-refractivity contribution in [2.75, 3.05) is 6.54 Å². The summed E-state index contributed by atoms with van der Waals surface area (Å²) in [6.07, 6.45) is -0.818. The molecule has 1 aromatic heterocycles. The van der Waals surface area contributed by atoms with Gasteiger partial charge in [-0.3, -0.25) is 14.9 Å². The first-order valence-electron chi connectivity index (χ1n) is 5.82. The first-order chi connectivity index (χ1) is 9.59. The molecule has 0 fully saturated rings. The third-order valence-corrected chi connectivity index (χ3v) is 3.65. The third-order valence-electron chi connectivity index (χ3n) is 2.67. The summed E-state index contributed by atoms with van der Waals surface area (Å²) >= 11 is 1.38. The molecule has 0 saturated carbocycles. The van der Waals surface area contributed by atoms with E-state index in [1.165, 1.54) is 29.5 Å². The lowest BCUT2D eigenvalue weighted by molar-refractivity contribution is -0.385. The minimum atomic E-state index is -0.818.